The predicted molar refractivity (Wildman–Crippen MR) is 146 cm³/mol. The van der Waals surface area contributed by atoms with Crippen LogP contribution >= 0.6 is 11.3 Å². The first-order valence-electron chi connectivity index (χ1n) is 12.5. The lowest BCUT2D eigenvalue weighted by atomic mass is 10.0. The van der Waals surface area contributed by atoms with Gasteiger partial charge in [0.2, 0.25) is 5.13 Å². The molecule has 0 fully saturated rings. The molecule has 3 heterocycles. The number of hydrogen-bond acceptors (Lipinski definition) is 8. The summed E-state index contributed by atoms with van der Waals surface area (Å²) in [5.41, 5.74) is 2.74. The van der Waals surface area contributed by atoms with Crippen molar-refractivity contribution in [3.05, 3.63) is 83.4 Å². The van der Waals surface area contributed by atoms with Crippen molar-refractivity contribution in [2.24, 2.45) is 0 Å². The molecule has 1 atom stereocenters. The Morgan fingerprint density at radius 3 is 2.51 bits per heavy atom. The highest BCUT2D eigenvalue weighted by molar-refractivity contribution is 7.18. The minimum Gasteiger partial charge on any atom is -0.475 e. The molecule has 5 rings (SSSR count). The summed E-state index contributed by atoms with van der Waals surface area (Å²) >= 11 is 1.41. The number of alkyl halides is 6. The largest absolute Gasteiger partial charge is 0.490 e. The zero-order chi connectivity index (χ0) is 31.2. The van der Waals surface area contributed by atoms with E-state index in [1.165, 1.54) is 23.5 Å². The molecule has 43 heavy (non-hydrogen) atoms. The van der Waals surface area contributed by atoms with Crippen LogP contribution in [0, 0.1) is 6.92 Å². The Morgan fingerprint density at radius 2 is 1.84 bits per heavy atom. The minimum absolute atomic E-state index is 0.184. The summed E-state index contributed by atoms with van der Waals surface area (Å²) < 4.78 is 76.7. The Bertz CT molecular complexity index is 1650. The lowest BCUT2D eigenvalue weighted by Gasteiger charge is -2.19. The molecule has 0 aliphatic heterocycles. The number of halogens is 6. The van der Waals surface area contributed by atoms with Crippen molar-refractivity contribution >= 4 is 33.3 Å². The normalized spacial score (nSPS) is 12.5. The molecular weight excluding hydrogens is 602 g/mol. The van der Waals surface area contributed by atoms with Crippen LogP contribution in [0.3, 0.4) is 0 Å². The van der Waals surface area contributed by atoms with E-state index in [4.69, 9.17) is 14.3 Å². The molecule has 4 N–H and O–H groups in total. The number of furan rings is 1. The number of anilines is 1. The van der Waals surface area contributed by atoms with Crippen LogP contribution in [0.25, 0.3) is 21.5 Å². The van der Waals surface area contributed by atoms with Crippen molar-refractivity contribution < 1.29 is 40.7 Å². The van der Waals surface area contributed by atoms with Gasteiger partial charge in [0, 0.05) is 23.5 Å². The first-order chi connectivity index (χ1) is 20.3. The van der Waals surface area contributed by atoms with Gasteiger partial charge in [0.05, 0.1) is 29.6 Å². The molecule has 0 saturated carbocycles. The summed E-state index contributed by atoms with van der Waals surface area (Å²) in [6.45, 7) is 2.82. The fourth-order valence-electron chi connectivity index (χ4n) is 3.93. The van der Waals surface area contributed by atoms with E-state index in [2.05, 4.69) is 31.0 Å². The Morgan fingerprint density at radius 1 is 1.07 bits per heavy atom. The fraction of sp³-hybridized carbons (Fsp3) is 0.259. The Balaban J connectivity index is 0.000000541. The number of aromatic nitrogens is 4. The van der Waals surface area contributed by atoms with E-state index in [9.17, 15) is 26.3 Å². The number of carbonyl (C=O) groups is 1. The molecule has 0 amide bonds. The van der Waals surface area contributed by atoms with E-state index in [0.717, 1.165) is 39.0 Å². The lowest BCUT2D eigenvalue weighted by Crippen LogP contribution is -2.37. The van der Waals surface area contributed by atoms with Gasteiger partial charge in [-0.15, -0.1) is 10.2 Å². The summed E-state index contributed by atoms with van der Waals surface area (Å²) in [5, 5.41) is 32.0. The van der Waals surface area contributed by atoms with Gasteiger partial charge in [-0.05, 0) is 55.3 Å². The molecule has 9 nitrogen and oxygen atoms in total. The average Bonchev–Trinajstić information content (AvgIpc) is 3.72. The van der Waals surface area contributed by atoms with Gasteiger partial charge < -0.3 is 20.2 Å². The monoisotopic (exact) mass is 626 g/mol. The number of aliphatic carboxylic acids is 1. The zero-order valence-corrected chi connectivity index (χ0v) is 23.1. The van der Waals surface area contributed by atoms with Gasteiger partial charge >= 0.3 is 18.3 Å². The number of hydrogen-bond donors (Lipinski definition) is 4. The number of nitrogens with zero attached hydrogens (tertiary/aromatic N) is 3. The van der Waals surface area contributed by atoms with Crippen molar-refractivity contribution in [3.63, 3.8) is 0 Å². The highest BCUT2D eigenvalue weighted by Crippen LogP contribution is 2.31. The molecule has 1 unspecified atom stereocenters. The van der Waals surface area contributed by atoms with Crippen molar-refractivity contribution in [2.45, 2.75) is 38.3 Å². The molecule has 0 spiro atoms. The molecule has 3 aromatic heterocycles. The number of fused-ring (bicyclic) bond motifs is 1. The number of aromatic amines is 1. The third-order valence-electron chi connectivity index (χ3n) is 6.05. The maximum atomic E-state index is 13.2. The van der Waals surface area contributed by atoms with E-state index in [-0.39, 0.29) is 6.04 Å². The van der Waals surface area contributed by atoms with Crippen molar-refractivity contribution in [2.75, 3.05) is 11.9 Å². The van der Waals surface area contributed by atoms with Crippen LogP contribution in [0.4, 0.5) is 31.5 Å². The first-order valence-corrected chi connectivity index (χ1v) is 13.4. The quantitative estimate of drug-likeness (QED) is 0.138. The van der Waals surface area contributed by atoms with E-state index in [0.29, 0.717) is 30.2 Å². The Kier molecular flexibility index (Phi) is 9.70. The third kappa shape index (κ3) is 8.78. The standard InChI is InChI=1S/C25H23F3N6OS.C2HF3O2/c1-15-21-12-17(7-8-22(21)32-31-15)23-33-34-24(36-23)30-13-19(29-14-20-6-3-9-35-20)11-16-4-2-5-18(10-16)25(26,27)28;3-2(4,5)1(6)7/h2-10,12,19,29H,11,13-14H2,1H3,(H,30,34)(H,31,32);(H,6,7). The Hall–Kier alpha value is -4.44. The van der Waals surface area contributed by atoms with Crippen LogP contribution < -0.4 is 10.6 Å². The summed E-state index contributed by atoms with van der Waals surface area (Å²) in [5.74, 6) is -2.01. The average molecular weight is 627 g/mol. The highest BCUT2D eigenvalue weighted by atomic mass is 32.1. The molecule has 0 aliphatic carbocycles. The summed E-state index contributed by atoms with van der Waals surface area (Å²) in [4.78, 5) is 8.90. The van der Waals surface area contributed by atoms with Gasteiger partial charge in [0.25, 0.3) is 0 Å². The predicted octanol–water partition coefficient (Wildman–Crippen LogP) is 6.45. The van der Waals surface area contributed by atoms with Gasteiger partial charge in [-0.3, -0.25) is 5.10 Å². The van der Waals surface area contributed by atoms with Gasteiger partial charge in [-0.1, -0.05) is 29.5 Å². The summed E-state index contributed by atoms with van der Waals surface area (Å²) in [6.07, 6.45) is -7.49. The van der Waals surface area contributed by atoms with Crippen LogP contribution in [0.1, 0.15) is 22.6 Å². The second kappa shape index (κ2) is 13.2. The summed E-state index contributed by atoms with van der Waals surface area (Å²) in [7, 11) is 0. The maximum absolute atomic E-state index is 13.2. The topological polar surface area (TPSA) is 129 Å². The van der Waals surface area contributed by atoms with E-state index < -0.39 is 23.9 Å². The Labute approximate surface area is 243 Å². The van der Waals surface area contributed by atoms with E-state index >= 15 is 0 Å². The number of nitrogens with one attached hydrogen (secondary N) is 3. The van der Waals surface area contributed by atoms with Crippen LogP contribution in [0.15, 0.2) is 65.3 Å². The molecule has 2 aromatic carbocycles. The molecule has 0 radical (unpaired) electrons. The lowest BCUT2D eigenvalue weighted by molar-refractivity contribution is -0.192. The minimum atomic E-state index is -5.08. The van der Waals surface area contributed by atoms with Gasteiger partial charge in [-0.2, -0.15) is 31.4 Å². The van der Waals surface area contributed by atoms with Crippen LogP contribution in [-0.2, 0) is 23.9 Å². The van der Waals surface area contributed by atoms with Crippen LogP contribution in [0.2, 0.25) is 0 Å². The zero-order valence-electron chi connectivity index (χ0n) is 22.3. The molecule has 5 aromatic rings. The van der Waals surface area contributed by atoms with Crippen molar-refractivity contribution in [1.82, 2.24) is 25.7 Å². The van der Waals surface area contributed by atoms with Crippen molar-refractivity contribution in [1.29, 1.82) is 0 Å². The summed E-state index contributed by atoms with van der Waals surface area (Å²) in [6, 6.07) is 14.8. The van der Waals surface area contributed by atoms with E-state index in [1.54, 1.807) is 18.4 Å². The number of carboxylic acids is 1. The van der Waals surface area contributed by atoms with Gasteiger partial charge in [0.15, 0.2) is 0 Å². The van der Waals surface area contributed by atoms with Crippen LogP contribution in [-0.4, -0.2) is 50.2 Å². The number of carboxylic acid groups (broad SMARTS) is 1. The molecular formula is C27H24F6N6O3S. The van der Waals surface area contributed by atoms with E-state index in [1.807, 2.05) is 31.2 Å². The van der Waals surface area contributed by atoms with Gasteiger partial charge in [-0.25, -0.2) is 4.79 Å². The number of rotatable bonds is 9. The smallest absolute Gasteiger partial charge is 0.475 e. The first kappa shape index (κ1) is 31.5. The number of benzene rings is 2. The SMILES string of the molecule is Cc1n[nH]c2ccc(-c3nnc(NCC(Cc4cccc(C(F)(F)F)c4)NCc4ccco4)s3)cc12.O=C(O)C(F)(F)F. The molecule has 0 aliphatic rings. The molecule has 0 bridgehead atoms. The molecule has 0 saturated heterocycles. The highest BCUT2D eigenvalue weighted by Gasteiger charge is 2.38. The number of H-pyrrole nitrogens is 1. The second-order valence-corrected chi connectivity index (χ2v) is 10.2. The maximum Gasteiger partial charge on any atom is 0.490 e. The molecule has 228 valence electrons. The fourth-order valence-corrected chi connectivity index (χ4v) is 4.68. The van der Waals surface area contributed by atoms with Crippen molar-refractivity contribution in [3.8, 4) is 10.6 Å². The second-order valence-electron chi connectivity index (χ2n) is 9.23. The van der Waals surface area contributed by atoms with Gasteiger partial charge in [0.1, 0.15) is 10.8 Å². The third-order valence-corrected chi connectivity index (χ3v) is 6.98. The number of aryl methyl sites for hydroxylation is 1. The molecule has 16 heteroatoms. The van der Waals surface area contributed by atoms with Crippen LogP contribution in [0.5, 0.6) is 0 Å².